The SMILES string of the molecule is CCC1CCN(c2ccc(CNC(C)C)cc2)C1. The minimum atomic E-state index is 0.550. The van der Waals surface area contributed by atoms with Gasteiger partial charge < -0.3 is 10.2 Å². The lowest BCUT2D eigenvalue weighted by Gasteiger charge is -2.19. The Morgan fingerprint density at radius 3 is 2.56 bits per heavy atom. The maximum absolute atomic E-state index is 3.45. The Morgan fingerprint density at radius 1 is 1.28 bits per heavy atom. The van der Waals surface area contributed by atoms with Crippen LogP contribution in [0.2, 0.25) is 0 Å². The highest BCUT2D eigenvalue weighted by Gasteiger charge is 2.20. The summed E-state index contributed by atoms with van der Waals surface area (Å²) in [5.74, 6) is 0.896. The summed E-state index contributed by atoms with van der Waals surface area (Å²) in [6, 6.07) is 9.60. The lowest BCUT2D eigenvalue weighted by Crippen LogP contribution is -2.22. The quantitative estimate of drug-likeness (QED) is 0.856. The number of nitrogens with one attached hydrogen (secondary N) is 1. The minimum Gasteiger partial charge on any atom is -0.371 e. The molecule has 2 rings (SSSR count). The van der Waals surface area contributed by atoms with Crippen molar-refractivity contribution in [1.82, 2.24) is 5.32 Å². The number of anilines is 1. The van der Waals surface area contributed by atoms with Gasteiger partial charge in [-0.3, -0.25) is 0 Å². The molecule has 1 aromatic carbocycles. The first-order chi connectivity index (χ1) is 8.69. The molecule has 0 bridgehead atoms. The van der Waals surface area contributed by atoms with E-state index in [4.69, 9.17) is 0 Å². The maximum atomic E-state index is 3.45. The molecule has 18 heavy (non-hydrogen) atoms. The zero-order chi connectivity index (χ0) is 13.0. The summed E-state index contributed by atoms with van der Waals surface area (Å²) in [6.45, 7) is 10.1. The van der Waals surface area contributed by atoms with Gasteiger partial charge in [0.15, 0.2) is 0 Å². The molecular formula is C16H26N2. The second kappa shape index (κ2) is 6.24. The van der Waals surface area contributed by atoms with E-state index in [0.717, 1.165) is 12.5 Å². The van der Waals surface area contributed by atoms with Crippen molar-refractivity contribution in [1.29, 1.82) is 0 Å². The van der Waals surface area contributed by atoms with Gasteiger partial charge in [0.1, 0.15) is 0 Å². The van der Waals surface area contributed by atoms with Gasteiger partial charge in [0.25, 0.3) is 0 Å². The highest BCUT2D eigenvalue weighted by molar-refractivity contribution is 5.48. The molecule has 1 saturated heterocycles. The highest BCUT2D eigenvalue weighted by Crippen LogP contribution is 2.25. The van der Waals surface area contributed by atoms with Crippen molar-refractivity contribution in [3.8, 4) is 0 Å². The molecular weight excluding hydrogens is 220 g/mol. The van der Waals surface area contributed by atoms with Crippen LogP contribution in [0, 0.1) is 5.92 Å². The minimum absolute atomic E-state index is 0.550. The predicted molar refractivity (Wildman–Crippen MR) is 79.0 cm³/mol. The summed E-state index contributed by atoms with van der Waals surface area (Å²) in [7, 11) is 0. The summed E-state index contributed by atoms with van der Waals surface area (Å²) in [5, 5.41) is 3.45. The van der Waals surface area contributed by atoms with Crippen LogP contribution in [0.5, 0.6) is 0 Å². The van der Waals surface area contributed by atoms with Gasteiger partial charge in [-0.05, 0) is 30.0 Å². The Bertz CT molecular complexity index is 356. The van der Waals surface area contributed by atoms with Crippen molar-refractivity contribution in [3.63, 3.8) is 0 Å². The molecule has 0 radical (unpaired) electrons. The van der Waals surface area contributed by atoms with E-state index in [1.807, 2.05) is 0 Å². The summed E-state index contributed by atoms with van der Waals surface area (Å²) in [5.41, 5.74) is 2.76. The Balaban J connectivity index is 1.91. The largest absolute Gasteiger partial charge is 0.371 e. The average Bonchev–Trinajstić information content (AvgIpc) is 2.85. The topological polar surface area (TPSA) is 15.3 Å². The van der Waals surface area contributed by atoms with E-state index in [0.29, 0.717) is 6.04 Å². The first-order valence-electron chi connectivity index (χ1n) is 7.26. The number of hydrogen-bond donors (Lipinski definition) is 1. The second-order valence-corrected chi connectivity index (χ2v) is 5.71. The lowest BCUT2D eigenvalue weighted by molar-refractivity contribution is 0.569. The molecule has 0 spiro atoms. The Morgan fingerprint density at radius 2 is 2.00 bits per heavy atom. The van der Waals surface area contributed by atoms with E-state index in [9.17, 15) is 0 Å². The van der Waals surface area contributed by atoms with Crippen molar-refractivity contribution in [2.75, 3.05) is 18.0 Å². The van der Waals surface area contributed by atoms with E-state index in [1.165, 1.54) is 37.2 Å². The third kappa shape index (κ3) is 3.49. The first kappa shape index (κ1) is 13.4. The molecule has 2 nitrogen and oxygen atoms in total. The van der Waals surface area contributed by atoms with Gasteiger partial charge in [0, 0.05) is 31.4 Å². The fraction of sp³-hybridized carbons (Fsp3) is 0.625. The molecule has 100 valence electrons. The van der Waals surface area contributed by atoms with E-state index in [2.05, 4.69) is 55.3 Å². The van der Waals surface area contributed by atoms with Crippen LogP contribution in [-0.4, -0.2) is 19.1 Å². The van der Waals surface area contributed by atoms with Crippen molar-refractivity contribution in [2.45, 2.75) is 46.2 Å². The number of hydrogen-bond acceptors (Lipinski definition) is 2. The molecule has 0 aromatic heterocycles. The van der Waals surface area contributed by atoms with Crippen LogP contribution in [0.4, 0.5) is 5.69 Å². The fourth-order valence-corrected chi connectivity index (χ4v) is 2.55. The Kier molecular flexibility index (Phi) is 4.65. The van der Waals surface area contributed by atoms with Crippen LogP contribution in [-0.2, 0) is 6.54 Å². The van der Waals surface area contributed by atoms with E-state index in [-0.39, 0.29) is 0 Å². The van der Waals surface area contributed by atoms with Crippen molar-refractivity contribution in [2.24, 2.45) is 5.92 Å². The summed E-state index contributed by atoms with van der Waals surface area (Å²) < 4.78 is 0. The van der Waals surface area contributed by atoms with Crippen molar-refractivity contribution >= 4 is 5.69 Å². The van der Waals surface area contributed by atoms with Crippen LogP contribution >= 0.6 is 0 Å². The molecule has 1 heterocycles. The molecule has 1 aliphatic rings. The predicted octanol–water partition coefficient (Wildman–Crippen LogP) is 3.42. The lowest BCUT2D eigenvalue weighted by atomic mass is 10.1. The molecule has 1 fully saturated rings. The second-order valence-electron chi connectivity index (χ2n) is 5.71. The maximum Gasteiger partial charge on any atom is 0.0366 e. The third-order valence-electron chi connectivity index (χ3n) is 3.88. The Labute approximate surface area is 111 Å². The van der Waals surface area contributed by atoms with Gasteiger partial charge in [-0.2, -0.15) is 0 Å². The van der Waals surface area contributed by atoms with Crippen LogP contribution in [0.3, 0.4) is 0 Å². The summed E-state index contributed by atoms with van der Waals surface area (Å²) >= 11 is 0. The zero-order valence-corrected chi connectivity index (χ0v) is 11.9. The molecule has 1 aromatic rings. The normalized spacial score (nSPS) is 19.8. The molecule has 2 heteroatoms. The monoisotopic (exact) mass is 246 g/mol. The molecule has 1 unspecified atom stereocenters. The van der Waals surface area contributed by atoms with Crippen LogP contribution in [0.25, 0.3) is 0 Å². The van der Waals surface area contributed by atoms with Crippen LogP contribution in [0.15, 0.2) is 24.3 Å². The van der Waals surface area contributed by atoms with Crippen molar-refractivity contribution in [3.05, 3.63) is 29.8 Å². The van der Waals surface area contributed by atoms with Crippen LogP contribution in [0.1, 0.15) is 39.2 Å². The summed E-state index contributed by atoms with van der Waals surface area (Å²) in [4.78, 5) is 2.52. The zero-order valence-electron chi connectivity index (χ0n) is 11.9. The number of rotatable bonds is 5. The standard InChI is InChI=1S/C16H26N2/c1-4-14-9-10-18(12-14)16-7-5-15(6-8-16)11-17-13(2)3/h5-8,13-14,17H,4,9-12H2,1-3H3. The Hall–Kier alpha value is -1.02. The third-order valence-corrected chi connectivity index (χ3v) is 3.88. The molecule has 0 aliphatic carbocycles. The highest BCUT2D eigenvalue weighted by atomic mass is 15.1. The van der Waals surface area contributed by atoms with Gasteiger partial charge in [0.2, 0.25) is 0 Å². The molecule has 0 amide bonds. The van der Waals surface area contributed by atoms with Gasteiger partial charge in [0.05, 0.1) is 0 Å². The van der Waals surface area contributed by atoms with Gasteiger partial charge >= 0.3 is 0 Å². The van der Waals surface area contributed by atoms with Gasteiger partial charge in [-0.25, -0.2) is 0 Å². The average molecular weight is 246 g/mol. The molecule has 1 aliphatic heterocycles. The van der Waals surface area contributed by atoms with Gasteiger partial charge in [-0.15, -0.1) is 0 Å². The van der Waals surface area contributed by atoms with Crippen LogP contribution < -0.4 is 10.2 Å². The molecule has 0 saturated carbocycles. The molecule has 1 N–H and O–H groups in total. The van der Waals surface area contributed by atoms with Crippen molar-refractivity contribution < 1.29 is 0 Å². The number of benzene rings is 1. The van der Waals surface area contributed by atoms with E-state index in [1.54, 1.807) is 0 Å². The molecule has 1 atom stereocenters. The first-order valence-corrected chi connectivity index (χ1v) is 7.26. The van der Waals surface area contributed by atoms with E-state index >= 15 is 0 Å². The van der Waals surface area contributed by atoms with E-state index < -0.39 is 0 Å². The van der Waals surface area contributed by atoms with Gasteiger partial charge in [-0.1, -0.05) is 39.3 Å². The smallest absolute Gasteiger partial charge is 0.0366 e. The fourth-order valence-electron chi connectivity index (χ4n) is 2.55. The number of nitrogens with zero attached hydrogens (tertiary/aromatic N) is 1. The summed E-state index contributed by atoms with van der Waals surface area (Å²) in [6.07, 6.45) is 2.67.